The number of hydrogen-bond donors (Lipinski definition) is 0. The van der Waals surface area contributed by atoms with Crippen molar-refractivity contribution in [3.8, 4) is 0 Å². The molecule has 0 unspecified atom stereocenters. The predicted octanol–water partition coefficient (Wildman–Crippen LogP) is 4.54. The van der Waals surface area contributed by atoms with Crippen LogP contribution in [0.1, 0.15) is 25.7 Å². The minimum atomic E-state index is -0.113. The maximum Gasteiger partial charge on any atom is 0.305 e. The summed E-state index contributed by atoms with van der Waals surface area (Å²) < 4.78 is 12.7. The van der Waals surface area contributed by atoms with Gasteiger partial charge in [-0.05, 0) is 25.0 Å². The molecule has 0 fully saturated rings. The van der Waals surface area contributed by atoms with Crippen molar-refractivity contribution in [3.05, 3.63) is 48.5 Å². The number of carbonyl (C=O) groups excluding carboxylic acids is 1. The molecular formula is C21H25NO3. The number of esters is 1. The zero-order valence-electron chi connectivity index (χ0n) is 14.7. The number of benzene rings is 2. The van der Waals surface area contributed by atoms with Crippen molar-refractivity contribution in [1.29, 1.82) is 0 Å². The van der Waals surface area contributed by atoms with Gasteiger partial charge in [0.05, 0.1) is 6.54 Å². The van der Waals surface area contributed by atoms with E-state index < -0.39 is 0 Å². The predicted molar refractivity (Wildman–Crippen MR) is 101 cm³/mol. The Labute approximate surface area is 148 Å². The van der Waals surface area contributed by atoms with Crippen LogP contribution < -0.4 is 0 Å². The van der Waals surface area contributed by atoms with E-state index in [2.05, 4.69) is 41.0 Å². The Morgan fingerprint density at radius 2 is 1.52 bits per heavy atom. The van der Waals surface area contributed by atoms with E-state index in [4.69, 9.17) is 9.47 Å². The Morgan fingerprint density at radius 1 is 0.880 bits per heavy atom. The van der Waals surface area contributed by atoms with Gasteiger partial charge in [0.2, 0.25) is 0 Å². The molecule has 25 heavy (non-hydrogen) atoms. The number of hydrogen-bond acceptors (Lipinski definition) is 3. The summed E-state index contributed by atoms with van der Waals surface area (Å²) in [6.07, 6.45) is 3.33. The number of para-hydroxylation sites is 2. The van der Waals surface area contributed by atoms with E-state index in [-0.39, 0.29) is 5.97 Å². The van der Waals surface area contributed by atoms with Crippen molar-refractivity contribution >= 4 is 27.8 Å². The van der Waals surface area contributed by atoms with Gasteiger partial charge in [-0.15, -0.1) is 0 Å². The Balaban J connectivity index is 1.59. The zero-order chi connectivity index (χ0) is 17.5. The summed E-state index contributed by atoms with van der Waals surface area (Å²) in [5.41, 5.74) is 2.36. The van der Waals surface area contributed by atoms with Crippen LogP contribution in [0.4, 0.5) is 0 Å². The molecule has 0 N–H and O–H groups in total. The third-order valence-corrected chi connectivity index (χ3v) is 4.49. The highest BCUT2D eigenvalue weighted by Crippen LogP contribution is 2.28. The first-order chi connectivity index (χ1) is 12.3. The highest BCUT2D eigenvalue weighted by atomic mass is 16.5. The zero-order valence-corrected chi connectivity index (χ0v) is 14.7. The van der Waals surface area contributed by atoms with Crippen molar-refractivity contribution in [1.82, 2.24) is 4.57 Å². The summed E-state index contributed by atoms with van der Waals surface area (Å²) in [4.78, 5) is 11.9. The van der Waals surface area contributed by atoms with Crippen LogP contribution >= 0.6 is 0 Å². The first-order valence-corrected chi connectivity index (χ1v) is 8.92. The lowest BCUT2D eigenvalue weighted by Gasteiger charge is -2.09. The first kappa shape index (κ1) is 17.5. The molecule has 0 saturated carbocycles. The van der Waals surface area contributed by atoms with Crippen molar-refractivity contribution in [2.45, 2.75) is 32.2 Å². The quantitative estimate of drug-likeness (QED) is 0.424. The van der Waals surface area contributed by atoms with E-state index >= 15 is 0 Å². The lowest BCUT2D eigenvalue weighted by molar-refractivity contribution is -0.144. The number of rotatable bonds is 9. The number of fused-ring (bicyclic) bond motifs is 3. The summed E-state index contributed by atoms with van der Waals surface area (Å²) in [5.74, 6) is -0.113. The lowest BCUT2D eigenvalue weighted by Crippen LogP contribution is -2.11. The smallest absolute Gasteiger partial charge is 0.305 e. The highest BCUT2D eigenvalue weighted by Gasteiger charge is 2.10. The van der Waals surface area contributed by atoms with E-state index in [1.54, 1.807) is 7.11 Å². The molecule has 0 bridgehead atoms. The second kappa shape index (κ2) is 8.67. The fourth-order valence-electron chi connectivity index (χ4n) is 3.26. The molecule has 4 heteroatoms. The Hall–Kier alpha value is -2.33. The van der Waals surface area contributed by atoms with Gasteiger partial charge in [0.1, 0.15) is 6.61 Å². The Morgan fingerprint density at radius 3 is 2.16 bits per heavy atom. The second-order valence-corrected chi connectivity index (χ2v) is 6.21. The monoisotopic (exact) mass is 339 g/mol. The van der Waals surface area contributed by atoms with Gasteiger partial charge >= 0.3 is 5.97 Å². The minimum Gasteiger partial charge on any atom is -0.464 e. The molecule has 2 aromatic carbocycles. The van der Waals surface area contributed by atoms with E-state index in [0.717, 1.165) is 25.9 Å². The summed E-state index contributed by atoms with van der Waals surface area (Å²) in [7, 11) is 1.70. The maximum atomic E-state index is 11.9. The average Bonchev–Trinajstić information content (AvgIpc) is 2.96. The Bertz CT molecular complexity index is 784. The molecule has 3 aromatic rings. The number of aromatic nitrogens is 1. The molecule has 132 valence electrons. The second-order valence-electron chi connectivity index (χ2n) is 6.21. The molecule has 1 aromatic heterocycles. The largest absolute Gasteiger partial charge is 0.464 e. The highest BCUT2D eigenvalue weighted by molar-refractivity contribution is 6.07. The van der Waals surface area contributed by atoms with Gasteiger partial charge in [0.25, 0.3) is 0 Å². The standard InChI is InChI=1S/C21H25NO3/c1-24-15-8-2-3-13-21(23)25-16-14-22-19-11-6-4-9-17(19)18-10-5-7-12-20(18)22/h4-7,9-12H,2-3,8,13-16H2,1H3. The summed E-state index contributed by atoms with van der Waals surface area (Å²) in [5, 5.41) is 2.48. The lowest BCUT2D eigenvalue weighted by atomic mass is 10.2. The fraction of sp³-hybridized carbons (Fsp3) is 0.381. The van der Waals surface area contributed by atoms with Gasteiger partial charge in [-0.1, -0.05) is 42.8 Å². The molecule has 0 atom stereocenters. The number of ether oxygens (including phenoxy) is 2. The molecule has 3 rings (SSSR count). The SMILES string of the molecule is COCCCCCC(=O)OCCn1c2ccccc2c2ccccc21. The molecule has 0 radical (unpaired) electrons. The van der Waals surface area contributed by atoms with E-state index in [1.807, 2.05) is 12.1 Å². The summed E-state index contributed by atoms with van der Waals surface area (Å²) in [6.45, 7) is 1.83. The van der Waals surface area contributed by atoms with Crippen molar-refractivity contribution in [2.24, 2.45) is 0 Å². The molecule has 1 heterocycles. The van der Waals surface area contributed by atoms with Gasteiger partial charge in [-0.2, -0.15) is 0 Å². The van der Waals surface area contributed by atoms with Crippen molar-refractivity contribution < 1.29 is 14.3 Å². The average molecular weight is 339 g/mol. The van der Waals surface area contributed by atoms with Gasteiger partial charge in [-0.25, -0.2) is 0 Å². The summed E-state index contributed by atoms with van der Waals surface area (Å²) >= 11 is 0. The number of unbranched alkanes of at least 4 members (excludes halogenated alkanes) is 2. The molecule has 0 aliphatic carbocycles. The van der Waals surface area contributed by atoms with E-state index in [1.165, 1.54) is 21.8 Å². The fourth-order valence-corrected chi connectivity index (χ4v) is 3.26. The van der Waals surface area contributed by atoms with E-state index in [9.17, 15) is 4.79 Å². The van der Waals surface area contributed by atoms with Crippen molar-refractivity contribution in [3.63, 3.8) is 0 Å². The molecule has 0 aliphatic rings. The Kier molecular flexibility index (Phi) is 6.07. The normalized spacial score (nSPS) is 11.2. The number of nitrogens with zero attached hydrogens (tertiary/aromatic N) is 1. The van der Waals surface area contributed by atoms with Gasteiger partial charge in [-0.3, -0.25) is 4.79 Å². The van der Waals surface area contributed by atoms with Crippen LogP contribution in [0.3, 0.4) is 0 Å². The van der Waals surface area contributed by atoms with Gasteiger partial charge in [0, 0.05) is 41.9 Å². The third-order valence-electron chi connectivity index (χ3n) is 4.49. The van der Waals surface area contributed by atoms with E-state index in [0.29, 0.717) is 19.6 Å². The van der Waals surface area contributed by atoms with Crippen molar-refractivity contribution in [2.75, 3.05) is 20.3 Å². The van der Waals surface area contributed by atoms with Crippen LogP contribution in [0.15, 0.2) is 48.5 Å². The summed E-state index contributed by atoms with van der Waals surface area (Å²) in [6, 6.07) is 16.7. The minimum absolute atomic E-state index is 0.113. The van der Waals surface area contributed by atoms with Gasteiger partial charge in [0.15, 0.2) is 0 Å². The van der Waals surface area contributed by atoms with Crippen LogP contribution in [0.2, 0.25) is 0 Å². The third kappa shape index (κ3) is 4.20. The first-order valence-electron chi connectivity index (χ1n) is 8.92. The molecule has 0 aliphatic heterocycles. The number of methoxy groups -OCH3 is 1. The van der Waals surface area contributed by atoms with Crippen LogP contribution in [-0.4, -0.2) is 30.9 Å². The van der Waals surface area contributed by atoms with Gasteiger partial charge < -0.3 is 14.0 Å². The van der Waals surface area contributed by atoms with Crippen LogP contribution in [0.25, 0.3) is 21.8 Å². The van der Waals surface area contributed by atoms with Crippen LogP contribution in [-0.2, 0) is 20.8 Å². The van der Waals surface area contributed by atoms with Crippen LogP contribution in [0.5, 0.6) is 0 Å². The molecule has 0 saturated heterocycles. The maximum absolute atomic E-state index is 11.9. The molecule has 4 nitrogen and oxygen atoms in total. The molecule has 0 amide bonds. The molecular weight excluding hydrogens is 314 g/mol. The van der Waals surface area contributed by atoms with Crippen LogP contribution in [0, 0.1) is 0 Å². The number of carbonyl (C=O) groups is 1. The topological polar surface area (TPSA) is 40.5 Å². The molecule has 0 spiro atoms.